The third-order valence-electron chi connectivity index (χ3n) is 4.59. The minimum atomic E-state index is -3.79. The van der Waals surface area contributed by atoms with Crippen molar-refractivity contribution in [3.63, 3.8) is 0 Å². The number of carbonyl (C=O) groups is 1. The summed E-state index contributed by atoms with van der Waals surface area (Å²) >= 11 is 5.95. The number of hydrogen-bond donors (Lipinski definition) is 0. The van der Waals surface area contributed by atoms with Crippen molar-refractivity contribution in [2.24, 2.45) is 0 Å². The van der Waals surface area contributed by atoms with Crippen LogP contribution in [0.3, 0.4) is 0 Å². The molecule has 0 saturated carbocycles. The first-order chi connectivity index (χ1) is 13.4. The van der Waals surface area contributed by atoms with Crippen LogP contribution in [0.15, 0.2) is 47.4 Å². The Morgan fingerprint density at radius 2 is 1.71 bits per heavy atom. The third-order valence-corrected chi connectivity index (χ3v) is 6.74. The van der Waals surface area contributed by atoms with Crippen molar-refractivity contribution < 1.29 is 22.7 Å². The zero-order chi connectivity index (χ0) is 20.3. The maximum Gasteiger partial charge on any atom is 0.253 e. The van der Waals surface area contributed by atoms with E-state index in [0.717, 1.165) is 0 Å². The molecule has 28 heavy (non-hydrogen) atoms. The summed E-state index contributed by atoms with van der Waals surface area (Å²) in [7, 11) is -0.899. The second kappa shape index (κ2) is 8.38. The van der Waals surface area contributed by atoms with E-state index in [1.54, 1.807) is 41.3 Å². The van der Waals surface area contributed by atoms with Crippen molar-refractivity contribution in [3.8, 4) is 11.5 Å². The molecule has 3 rings (SSSR count). The zero-order valence-corrected chi connectivity index (χ0v) is 17.2. The summed E-state index contributed by atoms with van der Waals surface area (Å²) in [5, 5.41) is 0.484. The van der Waals surface area contributed by atoms with Gasteiger partial charge in [0.25, 0.3) is 5.91 Å². The van der Waals surface area contributed by atoms with Gasteiger partial charge in [0.15, 0.2) is 0 Å². The lowest BCUT2D eigenvalue weighted by Crippen LogP contribution is -2.50. The number of carbonyl (C=O) groups excluding carboxylic acids is 1. The molecule has 2 aromatic rings. The number of benzene rings is 2. The molecule has 150 valence electrons. The van der Waals surface area contributed by atoms with Crippen LogP contribution in [0, 0.1) is 0 Å². The van der Waals surface area contributed by atoms with Crippen molar-refractivity contribution in [2.75, 3.05) is 40.4 Å². The fourth-order valence-corrected chi connectivity index (χ4v) is 4.84. The Labute approximate surface area is 169 Å². The summed E-state index contributed by atoms with van der Waals surface area (Å²) in [4.78, 5) is 14.3. The van der Waals surface area contributed by atoms with Gasteiger partial charge in [-0.05, 0) is 30.3 Å². The summed E-state index contributed by atoms with van der Waals surface area (Å²) in [5.41, 5.74) is 0.485. The molecule has 0 N–H and O–H groups in total. The molecule has 0 unspecified atom stereocenters. The minimum absolute atomic E-state index is 0.0453. The average Bonchev–Trinajstić information content (AvgIpc) is 2.72. The number of hydrogen-bond acceptors (Lipinski definition) is 5. The van der Waals surface area contributed by atoms with Crippen molar-refractivity contribution in [1.82, 2.24) is 9.21 Å². The molecular formula is C19H21ClN2O5S. The molecule has 0 spiro atoms. The smallest absolute Gasteiger partial charge is 0.253 e. The molecule has 7 nitrogen and oxygen atoms in total. The summed E-state index contributed by atoms with van der Waals surface area (Å²) in [6.45, 7) is 0.956. The van der Waals surface area contributed by atoms with Gasteiger partial charge in [-0.25, -0.2) is 8.42 Å². The highest BCUT2D eigenvalue weighted by molar-refractivity contribution is 7.89. The Morgan fingerprint density at radius 3 is 2.32 bits per heavy atom. The number of sulfonamides is 1. The van der Waals surface area contributed by atoms with E-state index in [1.807, 2.05) is 0 Å². The molecule has 1 fully saturated rings. The summed E-state index contributed by atoms with van der Waals surface area (Å²) < 4.78 is 37.9. The molecule has 0 bridgehead atoms. The Hall–Kier alpha value is -2.29. The van der Waals surface area contributed by atoms with E-state index in [2.05, 4.69) is 0 Å². The molecule has 1 heterocycles. The number of methoxy groups -OCH3 is 2. The maximum atomic E-state index is 13.1. The van der Waals surface area contributed by atoms with Gasteiger partial charge >= 0.3 is 0 Å². The van der Waals surface area contributed by atoms with Crippen LogP contribution < -0.4 is 9.47 Å². The minimum Gasteiger partial charge on any atom is -0.497 e. The molecule has 9 heteroatoms. The van der Waals surface area contributed by atoms with Crippen LogP contribution in [0.25, 0.3) is 0 Å². The second-order valence-corrected chi connectivity index (χ2v) is 8.57. The van der Waals surface area contributed by atoms with Crippen LogP contribution >= 0.6 is 11.6 Å². The highest BCUT2D eigenvalue weighted by atomic mass is 35.5. The Kier molecular flexibility index (Phi) is 6.12. The first-order valence-corrected chi connectivity index (χ1v) is 10.5. The standard InChI is InChI=1S/C19H21ClN2O5S/c1-26-16-6-7-17(27-2)18(13-16)28(24,25)22-10-8-21(9-11-22)19(23)14-4-3-5-15(20)12-14/h3-7,12-13H,8-11H2,1-2H3. The molecular weight excluding hydrogens is 404 g/mol. The second-order valence-electron chi connectivity index (χ2n) is 6.22. The quantitative estimate of drug-likeness (QED) is 0.737. The van der Waals surface area contributed by atoms with Gasteiger partial charge in [0.1, 0.15) is 16.4 Å². The normalized spacial score (nSPS) is 15.3. The van der Waals surface area contributed by atoms with E-state index in [-0.39, 0.29) is 42.7 Å². The fraction of sp³-hybridized carbons (Fsp3) is 0.316. The van der Waals surface area contributed by atoms with Crippen molar-refractivity contribution in [2.45, 2.75) is 4.90 Å². The van der Waals surface area contributed by atoms with Crippen LogP contribution in [-0.2, 0) is 10.0 Å². The summed E-state index contributed by atoms with van der Waals surface area (Å²) in [6.07, 6.45) is 0. The third kappa shape index (κ3) is 4.09. The molecule has 1 amide bonds. The van der Waals surface area contributed by atoms with Crippen molar-refractivity contribution in [1.29, 1.82) is 0 Å². The molecule has 0 aliphatic carbocycles. The van der Waals surface area contributed by atoms with E-state index < -0.39 is 10.0 Å². The van der Waals surface area contributed by atoms with Gasteiger partial charge in [-0.2, -0.15) is 4.31 Å². The maximum absolute atomic E-state index is 13.1. The van der Waals surface area contributed by atoms with Crippen LogP contribution in [0.1, 0.15) is 10.4 Å². The predicted molar refractivity (Wildman–Crippen MR) is 106 cm³/mol. The zero-order valence-electron chi connectivity index (χ0n) is 15.6. The molecule has 0 aromatic heterocycles. The van der Waals surface area contributed by atoms with Crippen molar-refractivity contribution in [3.05, 3.63) is 53.1 Å². The van der Waals surface area contributed by atoms with Gasteiger partial charge in [0.2, 0.25) is 10.0 Å². The molecule has 1 aliphatic rings. The van der Waals surface area contributed by atoms with Crippen LogP contribution in [-0.4, -0.2) is 63.9 Å². The van der Waals surface area contributed by atoms with Crippen LogP contribution in [0.2, 0.25) is 5.02 Å². The monoisotopic (exact) mass is 424 g/mol. The number of rotatable bonds is 5. The van der Waals surface area contributed by atoms with E-state index in [1.165, 1.54) is 24.6 Å². The summed E-state index contributed by atoms with van der Waals surface area (Å²) in [5.74, 6) is 0.505. The highest BCUT2D eigenvalue weighted by Crippen LogP contribution is 2.31. The number of nitrogens with zero attached hydrogens (tertiary/aromatic N) is 2. The van der Waals surface area contributed by atoms with E-state index in [0.29, 0.717) is 16.3 Å². The largest absolute Gasteiger partial charge is 0.497 e. The topological polar surface area (TPSA) is 76.2 Å². The lowest BCUT2D eigenvalue weighted by molar-refractivity contribution is 0.0698. The predicted octanol–water partition coefficient (Wildman–Crippen LogP) is 2.50. The molecule has 0 atom stereocenters. The fourth-order valence-electron chi connectivity index (χ4n) is 3.06. The lowest BCUT2D eigenvalue weighted by atomic mass is 10.2. The number of piperazine rings is 1. The molecule has 2 aromatic carbocycles. The van der Waals surface area contributed by atoms with Gasteiger partial charge in [-0.15, -0.1) is 0 Å². The lowest BCUT2D eigenvalue weighted by Gasteiger charge is -2.34. The molecule has 1 aliphatic heterocycles. The van der Waals surface area contributed by atoms with Gasteiger partial charge in [0, 0.05) is 42.8 Å². The SMILES string of the molecule is COc1ccc(OC)c(S(=O)(=O)N2CCN(C(=O)c3cccc(Cl)c3)CC2)c1. The Morgan fingerprint density at radius 1 is 1.00 bits per heavy atom. The first-order valence-electron chi connectivity index (χ1n) is 8.64. The van der Waals surface area contributed by atoms with Gasteiger partial charge in [0.05, 0.1) is 14.2 Å². The molecule has 1 saturated heterocycles. The van der Waals surface area contributed by atoms with E-state index in [9.17, 15) is 13.2 Å². The number of amides is 1. The van der Waals surface area contributed by atoms with Crippen LogP contribution in [0.4, 0.5) is 0 Å². The average molecular weight is 425 g/mol. The first kappa shape index (κ1) is 20.4. The van der Waals surface area contributed by atoms with Gasteiger partial charge in [-0.1, -0.05) is 17.7 Å². The highest BCUT2D eigenvalue weighted by Gasteiger charge is 2.32. The van der Waals surface area contributed by atoms with Gasteiger partial charge in [-0.3, -0.25) is 4.79 Å². The number of halogens is 1. The molecule has 0 radical (unpaired) electrons. The van der Waals surface area contributed by atoms with Crippen molar-refractivity contribution >= 4 is 27.5 Å². The Bertz CT molecular complexity index is 972. The number of ether oxygens (including phenoxy) is 2. The Balaban J connectivity index is 1.76. The summed E-state index contributed by atoms with van der Waals surface area (Å²) in [6, 6.07) is 11.4. The van der Waals surface area contributed by atoms with E-state index >= 15 is 0 Å². The van der Waals surface area contributed by atoms with Crippen LogP contribution in [0.5, 0.6) is 11.5 Å². The van der Waals surface area contributed by atoms with E-state index in [4.69, 9.17) is 21.1 Å². The van der Waals surface area contributed by atoms with Gasteiger partial charge < -0.3 is 14.4 Å².